The summed E-state index contributed by atoms with van der Waals surface area (Å²) in [6, 6.07) is 0. The predicted molar refractivity (Wildman–Crippen MR) is 80.7 cm³/mol. The number of nitrogens with one attached hydrogen (secondary N) is 2. The molecule has 0 aliphatic carbocycles. The quantitative estimate of drug-likeness (QED) is 0.796. The smallest absolute Gasteiger partial charge is 0.339 e. The van der Waals surface area contributed by atoms with E-state index >= 15 is 0 Å². The second kappa shape index (κ2) is 5.42. The number of aryl methyl sites for hydroxylation is 1. The summed E-state index contributed by atoms with van der Waals surface area (Å²) in [4.78, 5) is 27.0. The molecule has 0 radical (unpaired) electrons. The first-order valence-corrected chi connectivity index (χ1v) is 8.71. The largest absolute Gasteiger partial charge is 0.465 e. The van der Waals surface area contributed by atoms with Crippen LogP contribution in [0.5, 0.6) is 0 Å². The van der Waals surface area contributed by atoms with Crippen LogP contribution < -0.4 is 5.32 Å². The number of hydrogen-bond acceptors (Lipinski definition) is 5. The molecule has 1 unspecified atom stereocenters. The Morgan fingerprint density at radius 3 is 2.45 bits per heavy atom. The maximum absolute atomic E-state index is 12.4. The number of ether oxygens (including phenoxy) is 1. The first-order chi connectivity index (χ1) is 10.1. The molecule has 1 atom stereocenters. The van der Waals surface area contributed by atoms with E-state index in [1.807, 2.05) is 0 Å². The standard InChI is InChI=1S/C14H20N2O5S/c1-8-10(13(18)21-4)9(2)15-11(8)12(17)16-14(3)5-6-22(19,20)7-14/h15H,5-7H2,1-4H3,(H,16,17). The number of amides is 1. The molecule has 122 valence electrons. The van der Waals surface area contributed by atoms with Crippen LogP contribution in [-0.2, 0) is 14.6 Å². The summed E-state index contributed by atoms with van der Waals surface area (Å²) in [5.74, 6) is -0.941. The lowest BCUT2D eigenvalue weighted by Crippen LogP contribution is -2.47. The summed E-state index contributed by atoms with van der Waals surface area (Å²) in [6.07, 6.45) is 0.379. The van der Waals surface area contributed by atoms with Gasteiger partial charge in [0.15, 0.2) is 9.84 Å². The summed E-state index contributed by atoms with van der Waals surface area (Å²) >= 11 is 0. The topological polar surface area (TPSA) is 105 Å². The van der Waals surface area contributed by atoms with Crippen molar-refractivity contribution in [2.45, 2.75) is 32.7 Å². The van der Waals surface area contributed by atoms with Crippen molar-refractivity contribution in [3.63, 3.8) is 0 Å². The number of esters is 1. The first kappa shape index (κ1) is 16.5. The summed E-state index contributed by atoms with van der Waals surface area (Å²) in [6.45, 7) is 5.04. The van der Waals surface area contributed by atoms with E-state index in [-0.39, 0.29) is 17.2 Å². The van der Waals surface area contributed by atoms with E-state index in [0.29, 0.717) is 23.2 Å². The second-order valence-electron chi connectivity index (χ2n) is 5.97. The minimum atomic E-state index is -3.11. The number of H-pyrrole nitrogens is 1. The summed E-state index contributed by atoms with van der Waals surface area (Å²) in [5.41, 5.74) is 0.831. The lowest BCUT2D eigenvalue weighted by Gasteiger charge is -2.23. The Balaban J connectivity index is 2.26. The fourth-order valence-electron chi connectivity index (χ4n) is 2.83. The average Bonchev–Trinajstić information content (AvgIpc) is 2.85. The third-order valence-corrected chi connectivity index (χ3v) is 5.88. The molecule has 1 aromatic rings. The molecule has 1 aliphatic rings. The highest BCUT2D eigenvalue weighted by molar-refractivity contribution is 7.91. The SMILES string of the molecule is COC(=O)c1c(C)[nH]c(C(=O)NC2(C)CCS(=O)(=O)C2)c1C. The Hall–Kier alpha value is -1.83. The zero-order valence-electron chi connectivity index (χ0n) is 13.1. The highest BCUT2D eigenvalue weighted by atomic mass is 32.2. The van der Waals surface area contributed by atoms with Gasteiger partial charge in [0.05, 0.1) is 29.7 Å². The summed E-state index contributed by atoms with van der Waals surface area (Å²) < 4.78 is 27.9. The van der Waals surface area contributed by atoms with Crippen LogP contribution in [0.2, 0.25) is 0 Å². The maximum Gasteiger partial charge on any atom is 0.339 e. The van der Waals surface area contributed by atoms with E-state index in [1.54, 1.807) is 20.8 Å². The zero-order chi connectivity index (χ0) is 16.7. The molecule has 22 heavy (non-hydrogen) atoms. The molecule has 2 heterocycles. The van der Waals surface area contributed by atoms with Crippen LogP contribution in [0.15, 0.2) is 0 Å². The number of aromatic nitrogens is 1. The second-order valence-corrected chi connectivity index (χ2v) is 8.16. The van der Waals surface area contributed by atoms with Crippen LogP contribution in [0.4, 0.5) is 0 Å². The number of rotatable bonds is 3. The van der Waals surface area contributed by atoms with Crippen molar-refractivity contribution in [2.24, 2.45) is 0 Å². The molecule has 2 N–H and O–H groups in total. The Morgan fingerprint density at radius 2 is 1.95 bits per heavy atom. The van der Waals surface area contributed by atoms with Gasteiger partial charge in [0.2, 0.25) is 0 Å². The fraction of sp³-hybridized carbons (Fsp3) is 0.571. The van der Waals surface area contributed by atoms with Crippen LogP contribution in [0.1, 0.15) is 45.4 Å². The van der Waals surface area contributed by atoms with E-state index < -0.39 is 27.3 Å². The van der Waals surface area contributed by atoms with Gasteiger partial charge >= 0.3 is 5.97 Å². The predicted octanol–water partition coefficient (Wildman–Crippen LogP) is 0.725. The van der Waals surface area contributed by atoms with Gasteiger partial charge in [-0.05, 0) is 32.8 Å². The van der Waals surface area contributed by atoms with Crippen molar-refractivity contribution in [1.82, 2.24) is 10.3 Å². The van der Waals surface area contributed by atoms with Gasteiger partial charge in [-0.15, -0.1) is 0 Å². The molecule has 1 fully saturated rings. The van der Waals surface area contributed by atoms with Crippen LogP contribution in [0.25, 0.3) is 0 Å². The molecule has 8 heteroatoms. The Labute approximate surface area is 129 Å². The van der Waals surface area contributed by atoms with Gasteiger partial charge in [-0.25, -0.2) is 13.2 Å². The monoisotopic (exact) mass is 328 g/mol. The summed E-state index contributed by atoms with van der Waals surface area (Å²) in [5, 5.41) is 2.76. The van der Waals surface area contributed by atoms with Crippen molar-refractivity contribution in [2.75, 3.05) is 18.6 Å². The molecule has 0 bridgehead atoms. The Morgan fingerprint density at radius 1 is 1.32 bits per heavy atom. The molecule has 2 rings (SSSR count). The van der Waals surface area contributed by atoms with Gasteiger partial charge in [-0.1, -0.05) is 0 Å². The number of carbonyl (C=O) groups excluding carboxylic acids is 2. The van der Waals surface area contributed by atoms with E-state index in [2.05, 4.69) is 10.3 Å². The minimum Gasteiger partial charge on any atom is -0.465 e. The number of carbonyl (C=O) groups is 2. The van der Waals surface area contributed by atoms with Crippen LogP contribution in [0, 0.1) is 13.8 Å². The lowest BCUT2D eigenvalue weighted by atomic mass is 10.0. The van der Waals surface area contributed by atoms with E-state index in [9.17, 15) is 18.0 Å². The number of methoxy groups -OCH3 is 1. The molecular formula is C14H20N2O5S. The fourth-order valence-corrected chi connectivity index (χ4v) is 4.92. The van der Waals surface area contributed by atoms with Crippen molar-refractivity contribution >= 4 is 21.7 Å². The average molecular weight is 328 g/mol. The number of aromatic amines is 1. The normalized spacial score (nSPS) is 23.3. The molecule has 1 aliphatic heterocycles. The molecule has 1 aromatic heterocycles. The van der Waals surface area contributed by atoms with Crippen molar-refractivity contribution in [3.8, 4) is 0 Å². The van der Waals surface area contributed by atoms with Gasteiger partial charge in [-0.2, -0.15) is 0 Å². The molecule has 1 amide bonds. The molecule has 0 spiro atoms. The molecule has 0 saturated carbocycles. The van der Waals surface area contributed by atoms with Gasteiger partial charge < -0.3 is 15.0 Å². The van der Waals surface area contributed by atoms with E-state index in [1.165, 1.54) is 7.11 Å². The van der Waals surface area contributed by atoms with Gasteiger partial charge in [0, 0.05) is 5.69 Å². The van der Waals surface area contributed by atoms with Crippen molar-refractivity contribution in [1.29, 1.82) is 0 Å². The highest BCUT2D eigenvalue weighted by Crippen LogP contribution is 2.25. The first-order valence-electron chi connectivity index (χ1n) is 6.89. The lowest BCUT2D eigenvalue weighted by molar-refractivity contribution is 0.0599. The van der Waals surface area contributed by atoms with Gasteiger partial charge in [0.1, 0.15) is 5.69 Å². The molecular weight excluding hydrogens is 308 g/mol. The summed E-state index contributed by atoms with van der Waals surface area (Å²) in [7, 11) is -1.84. The molecule has 1 saturated heterocycles. The number of sulfone groups is 1. The van der Waals surface area contributed by atoms with Crippen molar-refractivity contribution < 1.29 is 22.7 Å². The minimum absolute atomic E-state index is 0.0694. The van der Waals surface area contributed by atoms with Gasteiger partial charge in [-0.3, -0.25) is 4.79 Å². The Kier molecular flexibility index (Phi) is 4.08. The zero-order valence-corrected chi connectivity index (χ0v) is 13.9. The van der Waals surface area contributed by atoms with E-state index in [0.717, 1.165) is 0 Å². The third kappa shape index (κ3) is 3.01. The molecule has 0 aromatic carbocycles. The third-order valence-electron chi connectivity index (χ3n) is 3.97. The number of hydrogen-bond donors (Lipinski definition) is 2. The van der Waals surface area contributed by atoms with E-state index in [4.69, 9.17) is 4.74 Å². The maximum atomic E-state index is 12.4. The van der Waals surface area contributed by atoms with Crippen molar-refractivity contribution in [3.05, 3.63) is 22.5 Å². The van der Waals surface area contributed by atoms with Gasteiger partial charge in [0.25, 0.3) is 5.91 Å². The van der Waals surface area contributed by atoms with Crippen LogP contribution in [-0.4, -0.2) is 49.4 Å². The Bertz CT molecular complexity index is 735. The molecule has 7 nitrogen and oxygen atoms in total. The van der Waals surface area contributed by atoms with Crippen LogP contribution >= 0.6 is 0 Å². The highest BCUT2D eigenvalue weighted by Gasteiger charge is 2.40. The van der Waals surface area contributed by atoms with Crippen LogP contribution in [0.3, 0.4) is 0 Å².